The minimum absolute atomic E-state index is 0.0109. The van der Waals surface area contributed by atoms with Gasteiger partial charge in [-0.25, -0.2) is 0 Å². The van der Waals surface area contributed by atoms with Crippen molar-refractivity contribution in [3.8, 4) is 0 Å². The van der Waals surface area contributed by atoms with Crippen LogP contribution >= 0.6 is 21.8 Å². The number of hydrogen-bond donors (Lipinski definition) is 0. The summed E-state index contributed by atoms with van der Waals surface area (Å²) in [6, 6.07) is 6.59. The Bertz CT molecular complexity index is 233. The number of halogens is 1. The fourth-order valence-electron chi connectivity index (χ4n) is 0.957. The third kappa shape index (κ3) is 1.60. The molecule has 0 aliphatic rings. The van der Waals surface area contributed by atoms with Crippen LogP contribution in [0.1, 0.15) is 11.1 Å². The fourth-order valence-corrected chi connectivity index (χ4v) is 4.14. The van der Waals surface area contributed by atoms with Gasteiger partial charge in [0.1, 0.15) is 7.02 Å². The first-order valence-electron chi connectivity index (χ1n) is 3.36. The molecule has 1 aromatic rings. The van der Waals surface area contributed by atoms with Gasteiger partial charge in [0.25, 0.3) is 0 Å². The molecule has 0 bridgehead atoms. The fraction of sp³-hybridized carbons (Fsp3) is 0.250. The largest absolute Gasteiger partial charge is 0.125 e. The molecule has 10 heavy (non-hydrogen) atoms. The summed E-state index contributed by atoms with van der Waals surface area (Å²) >= 11 is 2.53. The lowest BCUT2D eigenvalue weighted by Crippen LogP contribution is -2.12. The van der Waals surface area contributed by atoms with Gasteiger partial charge in [0.2, 0.25) is 0 Å². The summed E-state index contributed by atoms with van der Waals surface area (Å²) in [4.78, 5) is 0. The Balaban J connectivity index is 3.14. The van der Waals surface area contributed by atoms with Crippen LogP contribution in [0.5, 0.6) is 0 Å². The first-order valence-corrected chi connectivity index (χ1v) is 9.18. The molecule has 2 heteroatoms. The third-order valence-corrected chi connectivity index (χ3v) is 5.38. The van der Waals surface area contributed by atoms with Gasteiger partial charge in [0, 0.05) is 0 Å². The molecule has 0 radical (unpaired) electrons. The molecule has 0 nitrogen and oxygen atoms in total. The van der Waals surface area contributed by atoms with Crippen molar-refractivity contribution in [2.75, 3.05) is 0 Å². The van der Waals surface area contributed by atoms with Gasteiger partial charge in [0.05, 0.1) is 0 Å². The van der Waals surface area contributed by atoms with Gasteiger partial charge in [-0.15, -0.1) is 21.8 Å². The highest BCUT2D eigenvalue weighted by atomic mass is 127. The van der Waals surface area contributed by atoms with Crippen LogP contribution in [0.3, 0.4) is 0 Å². The Hall–Kier alpha value is 0.167. The molecule has 0 saturated heterocycles. The zero-order valence-corrected chi connectivity index (χ0v) is 9.89. The van der Waals surface area contributed by atoms with E-state index in [9.17, 15) is 0 Å². The Labute approximate surface area is 77.1 Å². The molecule has 0 aromatic heterocycles. The molecule has 0 fully saturated rings. The normalized spacial score (nSPS) is 11.1. The van der Waals surface area contributed by atoms with Crippen molar-refractivity contribution in [2.45, 2.75) is 13.8 Å². The average Bonchev–Trinajstić information content (AvgIpc) is 1.95. The van der Waals surface area contributed by atoms with Crippen LogP contribution in [0.4, 0.5) is 0 Å². The van der Waals surface area contributed by atoms with E-state index in [-0.39, 0.29) is 7.02 Å². The van der Waals surface area contributed by atoms with Crippen molar-refractivity contribution in [1.82, 2.24) is 0 Å². The van der Waals surface area contributed by atoms with Crippen LogP contribution in [-0.4, -0.2) is 7.02 Å². The maximum absolute atomic E-state index is 2.53. The van der Waals surface area contributed by atoms with Gasteiger partial charge in [-0.2, -0.15) is 0 Å². The Kier molecular flexibility index (Phi) is 2.91. The van der Waals surface area contributed by atoms with E-state index in [4.69, 9.17) is 0 Å². The SMILES string of the molecule is Cc1cccc([SiH2]I)c1C. The summed E-state index contributed by atoms with van der Waals surface area (Å²) in [6.07, 6.45) is 0. The van der Waals surface area contributed by atoms with Gasteiger partial charge in [0.15, 0.2) is 0 Å². The van der Waals surface area contributed by atoms with E-state index in [1.165, 1.54) is 11.1 Å². The molecule has 0 heterocycles. The molecule has 0 aliphatic heterocycles. The highest BCUT2D eigenvalue weighted by Gasteiger charge is 1.96. The molecule has 0 unspecified atom stereocenters. The van der Waals surface area contributed by atoms with Crippen molar-refractivity contribution in [3.05, 3.63) is 29.3 Å². The molecular formula is C8H11ISi. The number of benzene rings is 1. The number of aryl methyl sites for hydroxylation is 1. The zero-order valence-electron chi connectivity index (χ0n) is 6.32. The van der Waals surface area contributed by atoms with Gasteiger partial charge in [-0.3, -0.25) is 0 Å². The first kappa shape index (κ1) is 8.27. The second-order valence-electron chi connectivity index (χ2n) is 2.49. The molecule has 54 valence electrons. The Morgan fingerprint density at radius 2 is 2.00 bits per heavy atom. The average molecular weight is 262 g/mol. The molecule has 0 saturated carbocycles. The first-order chi connectivity index (χ1) is 4.75. The Morgan fingerprint density at radius 3 is 2.50 bits per heavy atom. The quantitative estimate of drug-likeness (QED) is 0.408. The van der Waals surface area contributed by atoms with E-state index in [0.717, 1.165) is 0 Å². The predicted octanol–water partition coefficient (Wildman–Crippen LogP) is 1.45. The van der Waals surface area contributed by atoms with E-state index >= 15 is 0 Å². The van der Waals surface area contributed by atoms with Crippen LogP contribution in [0, 0.1) is 13.8 Å². The molecule has 0 atom stereocenters. The van der Waals surface area contributed by atoms with E-state index in [2.05, 4.69) is 53.8 Å². The van der Waals surface area contributed by atoms with E-state index in [1.54, 1.807) is 5.19 Å². The maximum atomic E-state index is 2.53. The molecule has 0 N–H and O–H groups in total. The second-order valence-corrected chi connectivity index (χ2v) is 5.81. The van der Waals surface area contributed by atoms with E-state index in [0.29, 0.717) is 0 Å². The summed E-state index contributed by atoms with van der Waals surface area (Å²) in [5, 5.41) is 1.60. The van der Waals surface area contributed by atoms with Crippen molar-refractivity contribution in [1.29, 1.82) is 0 Å². The lowest BCUT2D eigenvalue weighted by atomic mass is 10.1. The van der Waals surface area contributed by atoms with Crippen molar-refractivity contribution >= 4 is 34.0 Å². The molecular weight excluding hydrogens is 251 g/mol. The molecule has 0 aliphatic carbocycles. The lowest BCUT2D eigenvalue weighted by Gasteiger charge is -2.03. The Morgan fingerprint density at radius 1 is 1.30 bits per heavy atom. The zero-order chi connectivity index (χ0) is 7.56. The highest BCUT2D eigenvalue weighted by Crippen LogP contribution is 2.02. The number of rotatable bonds is 1. The monoisotopic (exact) mass is 262 g/mol. The van der Waals surface area contributed by atoms with Crippen LogP contribution < -0.4 is 5.19 Å². The minimum atomic E-state index is 0.0109. The second kappa shape index (κ2) is 3.53. The summed E-state index contributed by atoms with van der Waals surface area (Å²) in [5.41, 5.74) is 2.94. The molecule has 0 amide bonds. The summed E-state index contributed by atoms with van der Waals surface area (Å²) in [7, 11) is 0.0109. The van der Waals surface area contributed by atoms with Gasteiger partial charge >= 0.3 is 0 Å². The van der Waals surface area contributed by atoms with E-state index < -0.39 is 0 Å². The topological polar surface area (TPSA) is 0 Å². The molecule has 1 rings (SSSR count). The van der Waals surface area contributed by atoms with Gasteiger partial charge in [-0.1, -0.05) is 23.4 Å². The van der Waals surface area contributed by atoms with E-state index in [1.807, 2.05) is 0 Å². The van der Waals surface area contributed by atoms with Crippen molar-refractivity contribution in [3.63, 3.8) is 0 Å². The summed E-state index contributed by atoms with van der Waals surface area (Å²) in [5.74, 6) is 0. The van der Waals surface area contributed by atoms with Gasteiger partial charge < -0.3 is 0 Å². The highest BCUT2D eigenvalue weighted by molar-refractivity contribution is 14.1. The standard InChI is InChI=1S/C8H11ISi/c1-6-4-3-5-8(10-9)7(6)2/h3-5H,10H2,1-2H3. The summed E-state index contributed by atoms with van der Waals surface area (Å²) in [6.45, 7) is 4.40. The van der Waals surface area contributed by atoms with Crippen molar-refractivity contribution < 1.29 is 0 Å². The van der Waals surface area contributed by atoms with Gasteiger partial charge in [-0.05, 0) is 25.0 Å². The van der Waals surface area contributed by atoms with Crippen LogP contribution in [-0.2, 0) is 0 Å². The third-order valence-electron chi connectivity index (χ3n) is 1.86. The predicted molar refractivity (Wildman–Crippen MR) is 58.1 cm³/mol. The minimum Gasteiger partial charge on any atom is -0.122 e. The number of hydrogen-bond acceptors (Lipinski definition) is 0. The summed E-state index contributed by atoms with van der Waals surface area (Å²) < 4.78 is 0. The van der Waals surface area contributed by atoms with Crippen LogP contribution in [0.15, 0.2) is 18.2 Å². The smallest absolute Gasteiger partial charge is 0.122 e. The maximum Gasteiger partial charge on any atom is 0.125 e. The van der Waals surface area contributed by atoms with Crippen LogP contribution in [0.2, 0.25) is 0 Å². The lowest BCUT2D eigenvalue weighted by molar-refractivity contribution is 1.37. The van der Waals surface area contributed by atoms with Crippen LogP contribution in [0.25, 0.3) is 0 Å². The van der Waals surface area contributed by atoms with Crippen molar-refractivity contribution in [2.24, 2.45) is 0 Å². The molecule has 0 spiro atoms. The molecule has 1 aromatic carbocycles.